The molecule has 0 saturated heterocycles. The standard InChI is InChI=1S/C24H25N3O5S/c1-27(2)33(30,31)22-13-6-3-9-19(22)15-26-24(29)18-10-7-8-17(14-18)16-32-21-12-5-4-11-20(21)23(25)28/h3-14H,15-16H2,1-2H3,(H2,25,28)(H,26,29). The number of amides is 2. The second-order valence-corrected chi connectivity index (χ2v) is 9.55. The zero-order valence-electron chi connectivity index (χ0n) is 18.3. The molecule has 172 valence electrons. The van der Waals surface area contributed by atoms with Crippen molar-refractivity contribution in [2.24, 2.45) is 5.73 Å². The van der Waals surface area contributed by atoms with E-state index in [-0.39, 0.29) is 29.5 Å². The van der Waals surface area contributed by atoms with E-state index in [9.17, 15) is 18.0 Å². The minimum Gasteiger partial charge on any atom is -0.488 e. The molecule has 0 aliphatic carbocycles. The monoisotopic (exact) mass is 467 g/mol. The fourth-order valence-corrected chi connectivity index (χ4v) is 4.25. The molecule has 0 atom stereocenters. The van der Waals surface area contributed by atoms with Crippen molar-refractivity contribution in [3.05, 3.63) is 95.1 Å². The third-order valence-electron chi connectivity index (χ3n) is 4.91. The smallest absolute Gasteiger partial charge is 0.252 e. The minimum absolute atomic E-state index is 0.0504. The molecule has 0 spiro atoms. The quantitative estimate of drug-likeness (QED) is 0.501. The first kappa shape index (κ1) is 24.0. The molecule has 0 radical (unpaired) electrons. The lowest BCUT2D eigenvalue weighted by molar-refractivity contribution is 0.0949. The maximum atomic E-state index is 12.7. The van der Waals surface area contributed by atoms with Crippen molar-refractivity contribution in [1.82, 2.24) is 9.62 Å². The molecule has 0 aliphatic rings. The van der Waals surface area contributed by atoms with Crippen LogP contribution in [0.25, 0.3) is 0 Å². The lowest BCUT2D eigenvalue weighted by atomic mass is 10.1. The van der Waals surface area contributed by atoms with E-state index < -0.39 is 15.9 Å². The number of benzene rings is 3. The summed E-state index contributed by atoms with van der Waals surface area (Å²) >= 11 is 0. The second-order valence-electron chi connectivity index (χ2n) is 7.43. The van der Waals surface area contributed by atoms with Gasteiger partial charge in [-0.2, -0.15) is 0 Å². The van der Waals surface area contributed by atoms with Gasteiger partial charge in [0.1, 0.15) is 12.4 Å². The van der Waals surface area contributed by atoms with Crippen molar-refractivity contribution >= 4 is 21.8 Å². The molecule has 3 aromatic carbocycles. The number of carbonyl (C=O) groups is 2. The molecule has 0 fully saturated rings. The van der Waals surface area contributed by atoms with Gasteiger partial charge >= 0.3 is 0 Å². The summed E-state index contributed by atoms with van der Waals surface area (Å²) in [5.41, 5.74) is 7.25. The summed E-state index contributed by atoms with van der Waals surface area (Å²) in [5, 5.41) is 2.77. The number of hydrogen-bond acceptors (Lipinski definition) is 5. The van der Waals surface area contributed by atoms with Crippen molar-refractivity contribution in [2.45, 2.75) is 18.0 Å². The summed E-state index contributed by atoms with van der Waals surface area (Å²) in [5.74, 6) is -0.583. The Morgan fingerprint density at radius 2 is 1.67 bits per heavy atom. The van der Waals surface area contributed by atoms with Crippen LogP contribution in [-0.4, -0.2) is 38.6 Å². The average molecular weight is 468 g/mol. The molecule has 3 N–H and O–H groups in total. The Hall–Kier alpha value is -3.69. The minimum atomic E-state index is -3.64. The number of ether oxygens (including phenoxy) is 1. The Bertz CT molecular complexity index is 1270. The Labute approximate surface area is 193 Å². The summed E-state index contributed by atoms with van der Waals surface area (Å²) in [6.45, 7) is 0.185. The van der Waals surface area contributed by atoms with Gasteiger partial charge in [-0.05, 0) is 41.5 Å². The normalized spacial score (nSPS) is 11.2. The fourth-order valence-electron chi connectivity index (χ4n) is 3.14. The van der Waals surface area contributed by atoms with E-state index in [2.05, 4.69) is 5.32 Å². The molecule has 0 aliphatic heterocycles. The average Bonchev–Trinajstić information content (AvgIpc) is 2.81. The largest absolute Gasteiger partial charge is 0.488 e. The number of carbonyl (C=O) groups excluding carboxylic acids is 2. The van der Waals surface area contributed by atoms with Crippen LogP contribution in [0.4, 0.5) is 0 Å². The van der Waals surface area contributed by atoms with Crippen LogP contribution in [0.2, 0.25) is 0 Å². The van der Waals surface area contributed by atoms with Crippen molar-refractivity contribution < 1.29 is 22.7 Å². The zero-order valence-corrected chi connectivity index (χ0v) is 19.1. The van der Waals surface area contributed by atoms with Crippen LogP contribution in [0.3, 0.4) is 0 Å². The Morgan fingerprint density at radius 3 is 2.39 bits per heavy atom. The summed E-state index contributed by atoms with van der Waals surface area (Å²) in [6.07, 6.45) is 0. The summed E-state index contributed by atoms with van der Waals surface area (Å²) in [6, 6.07) is 20.0. The van der Waals surface area contributed by atoms with Gasteiger partial charge in [0.05, 0.1) is 10.5 Å². The van der Waals surface area contributed by atoms with E-state index in [1.54, 1.807) is 66.7 Å². The molecule has 0 saturated carbocycles. The number of primary amides is 1. The van der Waals surface area contributed by atoms with Crippen LogP contribution in [0.15, 0.2) is 77.7 Å². The number of sulfonamides is 1. The van der Waals surface area contributed by atoms with Gasteiger partial charge in [-0.1, -0.05) is 42.5 Å². The third-order valence-corrected chi connectivity index (χ3v) is 6.82. The van der Waals surface area contributed by atoms with E-state index in [1.807, 2.05) is 0 Å². The third kappa shape index (κ3) is 5.76. The summed E-state index contributed by atoms with van der Waals surface area (Å²) < 4.78 is 31.9. The van der Waals surface area contributed by atoms with Crippen LogP contribution >= 0.6 is 0 Å². The van der Waals surface area contributed by atoms with Crippen molar-refractivity contribution in [2.75, 3.05) is 14.1 Å². The number of hydrogen-bond donors (Lipinski definition) is 2. The van der Waals surface area contributed by atoms with Crippen LogP contribution in [0, 0.1) is 0 Å². The molecule has 8 nitrogen and oxygen atoms in total. The Morgan fingerprint density at radius 1 is 0.970 bits per heavy atom. The number of nitrogens with zero attached hydrogens (tertiary/aromatic N) is 1. The van der Waals surface area contributed by atoms with E-state index in [0.29, 0.717) is 16.9 Å². The first-order valence-electron chi connectivity index (χ1n) is 10.1. The predicted molar refractivity (Wildman–Crippen MR) is 124 cm³/mol. The highest BCUT2D eigenvalue weighted by Gasteiger charge is 2.21. The number of para-hydroxylation sites is 1. The zero-order chi connectivity index (χ0) is 24.0. The maximum Gasteiger partial charge on any atom is 0.252 e. The molecule has 0 heterocycles. The predicted octanol–water partition coefficient (Wildman–Crippen LogP) is 2.54. The van der Waals surface area contributed by atoms with E-state index in [0.717, 1.165) is 9.87 Å². The molecule has 0 aromatic heterocycles. The molecule has 33 heavy (non-hydrogen) atoms. The van der Waals surface area contributed by atoms with Crippen LogP contribution in [0.5, 0.6) is 5.75 Å². The molecule has 3 rings (SSSR count). The van der Waals surface area contributed by atoms with E-state index in [1.165, 1.54) is 20.2 Å². The van der Waals surface area contributed by atoms with Crippen LogP contribution in [-0.2, 0) is 23.2 Å². The molecular formula is C24H25N3O5S. The SMILES string of the molecule is CN(C)S(=O)(=O)c1ccccc1CNC(=O)c1cccc(COc2ccccc2C(N)=O)c1. The molecule has 3 aromatic rings. The first-order chi connectivity index (χ1) is 15.7. The molecule has 9 heteroatoms. The topological polar surface area (TPSA) is 119 Å². The van der Waals surface area contributed by atoms with Gasteiger partial charge < -0.3 is 15.8 Å². The van der Waals surface area contributed by atoms with Gasteiger partial charge in [-0.25, -0.2) is 12.7 Å². The number of rotatable bonds is 9. The van der Waals surface area contributed by atoms with Gasteiger partial charge in [-0.15, -0.1) is 0 Å². The van der Waals surface area contributed by atoms with Crippen molar-refractivity contribution in [3.8, 4) is 5.75 Å². The molecule has 2 amide bonds. The number of nitrogens with one attached hydrogen (secondary N) is 1. The number of nitrogens with two attached hydrogens (primary N) is 1. The fraction of sp³-hybridized carbons (Fsp3) is 0.167. The van der Waals surface area contributed by atoms with E-state index in [4.69, 9.17) is 10.5 Å². The molecule has 0 unspecified atom stereocenters. The lowest BCUT2D eigenvalue weighted by Crippen LogP contribution is -2.27. The first-order valence-corrected chi connectivity index (χ1v) is 11.5. The van der Waals surface area contributed by atoms with Crippen LogP contribution < -0.4 is 15.8 Å². The molecule has 0 bridgehead atoms. The van der Waals surface area contributed by atoms with Gasteiger partial charge in [0.2, 0.25) is 10.0 Å². The van der Waals surface area contributed by atoms with Crippen LogP contribution in [0.1, 0.15) is 31.8 Å². The Kier molecular flexibility index (Phi) is 7.47. The van der Waals surface area contributed by atoms with Crippen molar-refractivity contribution in [1.29, 1.82) is 0 Å². The summed E-state index contributed by atoms with van der Waals surface area (Å²) in [4.78, 5) is 24.4. The maximum absolute atomic E-state index is 12.7. The Balaban J connectivity index is 1.70. The van der Waals surface area contributed by atoms with E-state index >= 15 is 0 Å². The van der Waals surface area contributed by atoms with Gasteiger partial charge in [0.15, 0.2) is 0 Å². The lowest BCUT2D eigenvalue weighted by Gasteiger charge is -2.15. The second kappa shape index (κ2) is 10.3. The highest BCUT2D eigenvalue weighted by molar-refractivity contribution is 7.89. The van der Waals surface area contributed by atoms with Gasteiger partial charge in [0.25, 0.3) is 11.8 Å². The summed E-state index contributed by atoms with van der Waals surface area (Å²) in [7, 11) is -0.721. The van der Waals surface area contributed by atoms with Gasteiger partial charge in [0, 0.05) is 26.2 Å². The molecular weight excluding hydrogens is 442 g/mol. The highest BCUT2D eigenvalue weighted by atomic mass is 32.2. The van der Waals surface area contributed by atoms with Crippen molar-refractivity contribution in [3.63, 3.8) is 0 Å². The van der Waals surface area contributed by atoms with Gasteiger partial charge in [-0.3, -0.25) is 9.59 Å². The highest BCUT2D eigenvalue weighted by Crippen LogP contribution is 2.20.